The first-order valence-corrected chi connectivity index (χ1v) is 8.53. The lowest BCUT2D eigenvalue weighted by Crippen LogP contribution is -2.17. The first-order valence-electron chi connectivity index (χ1n) is 8.53. The van der Waals surface area contributed by atoms with Gasteiger partial charge < -0.3 is 15.0 Å². The van der Waals surface area contributed by atoms with E-state index in [1.807, 2.05) is 12.1 Å². The van der Waals surface area contributed by atoms with E-state index in [2.05, 4.69) is 22.3 Å². The SMILES string of the molecule is COC(=O)c1cc([N+](=O)[O-])ccc1NCc1ccc(N2CCCC2)cc1. The van der Waals surface area contributed by atoms with Gasteiger partial charge in [-0.2, -0.15) is 0 Å². The van der Waals surface area contributed by atoms with Crippen molar-refractivity contribution in [3.63, 3.8) is 0 Å². The van der Waals surface area contributed by atoms with Crippen molar-refractivity contribution < 1.29 is 14.5 Å². The Labute approximate surface area is 151 Å². The van der Waals surface area contributed by atoms with Crippen molar-refractivity contribution in [2.75, 3.05) is 30.4 Å². The highest BCUT2D eigenvalue weighted by molar-refractivity contribution is 5.96. The Morgan fingerprint density at radius 3 is 2.50 bits per heavy atom. The fraction of sp³-hybridized carbons (Fsp3) is 0.316. The molecule has 1 N–H and O–H groups in total. The molecule has 0 aliphatic carbocycles. The summed E-state index contributed by atoms with van der Waals surface area (Å²) in [6, 6.07) is 12.4. The van der Waals surface area contributed by atoms with Crippen molar-refractivity contribution >= 4 is 23.0 Å². The molecule has 0 aromatic heterocycles. The van der Waals surface area contributed by atoms with Gasteiger partial charge in [0.2, 0.25) is 0 Å². The summed E-state index contributed by atoms with van der Waals surface area (Å²) in [6.45, 7) is 2.70. The summed E-state index contributed by atoms with van der Waals surface area (Å²) in [5.41, 5.74) is 2.78. The Morgan fingerprint density at radius 2 is 1.88 bits per heavy atom. The summed E-state index contributed by atoms with van der Waals surface area (Å²) in [6.07, 6.45) is 2.47. The van der Waals surface area contributed by atoms with E-state index in [1.165, 1.54) is 43.8 Å². The van der Waals surface area contributed by atoms with E-state index in [-0.39, 0.29) is 11.3 Å². The topological polar surface area (TPSA) is 84.7 Å². The molecule has 2 aromatic rings. The Hall–Kier alpha value is -3.09. The number of nitrogens with one attached hydrogen (secondary N) is 1. The normalized spacial score (nSPS) is 13.5. The van der Waals surface area contributed by atoms with E-state index in [4.69, 9.17) is 4.74 Å². The van der Waals surface area contributed by atoms with E-state index < -0.39 is 10.9 Å². The Kier molecular flexibility index (Phi) is 5.36. The van der Waals surface area contributed by atoms with Gasteiger partial charge in [-0.25, -0.2) is 4.79 Å². The van der Waals surface area contributed by atoms with Gasteiger partial charge in [-0.15, -0.1) is 0 Å². The number of nitrogens with zero attached hydrogens (tertiary/aromatic N) is 2. The highest BCUT2D eigenvalue weighted by Crippen LogP contribution is 2.24. The molecule has 0 unspecified atom stereocenters. The molecule has 7 nitrogen and oxygen atoms in total. The average molecular weight is 355 g/mol. The van der Waals surface area contributed by atoms with Gasteiger partial charge >= 0.3 is 5.97 Å². The predicted octanol–water partition coefficient (Wildman–Crippen LogP) is 3.59. The van der Waals surface area contributed by atoms with Gasteiger partial charge in [0.1, 0.15) is 0 Å². The molecule has 3 rings (SSSR count). The summed E-state index contributed by atoms with van der Waals surface area (Å²) in [5.74, 6) is -0.611. The maximum absolute atomic E-state index is 11.9. The zero-order valence-electron chi connectivity index (χ0n) is 14.6. The van der Waals surface area contributed by atoms with Crippen LogP contribution in [0.4, 0.5) is 17.1 Å². The maximum Gasteiger partial charge on any atom is 0.340 e. The lowest BCUT2D eigenvalue weighted by molar-refractivity contribution is -0.384. The van der Waals surface area contributed by atoms with Crippen LogP contribution < -0.4 is 10.2 Å². The highest BCUT2D eigenvalue weighted by Gasteiger charge is 2.17. The van der Waals surface area contributed by atoms with E-state index in [1.54, 1.807) is 0 Å². The third-order valence-corrected chi connectivity index (χ3v) is 4.51. The molecule has 7 heteroatoms. The number of carbonyl (C=O) groups excluding carboxylic acids is 1. The standard InChI is InChI=1S/C19H21N3O4/c1-26-19(23)17-12-16(22(24)25)8-9-18(17)20-13-14-4-6-15(7-5-14)21-10-2-3-11-21/h4-9,12,20H,2-3,10-11,13H2,1H3. The van der Waals surface area contributed by atoms with Gasteiger partial charge in [0.25, 0.3) is 5.69 Å². The number of anilines is 2. The first-order chi connectivity index (χ1) is 12.6. The van der Waals surface area contributed by atoms with Crippen LogP contribution in [-0.4, -0.2) is 31.1 Å². The van der Waals surface area contributed by atoms with Crippen LogP contribution in [-0.2, 0) is 11.3 Å². The van der Waals surface area contributed by atoms with Crippen LogP contribution in [0.5, 0.6) is 0 Å². The van der Waals surface area contributed by atoms with Crippen molar-refractivity contribution in [2.45, 2.75) is 19.4 Å². The molecular formula is C19H21N3O4. The minimum atomic E-state index is -0.611. The second-order valence-corrected chi connectivity index (χ2v) is 6.19. The number of esters is 1. The molecule has 1 aliphatic rings. The van der Waals surface area contributed by atoms with Crippen LogP contribution in [0.3, 0.4) is 0 Å². The Bertz CT molecular complexity index is 799. The van der Waals surface area contributed by atoms with E-state index >= 15 is 0 Å². The van der Waals surface area contributed by atoms with Gasteiger partial charge in [0.05, 0.1) is 17.6 Å². The number of nitro benzene ring substituents is 1. The largest absolute Gasteiger partial charge is 0.465 e. The van der Waals surface area contributed by atoms with Crippen molar-refractivity contribution in [1.29, 1.82) is 0 Å². The molecule has 0 atom stereocenters. The van der Waals surface area contributed by atoms with Crippen LogP contribution in [0.2, 0.25) is 0 Å². The molecule has 136 valence electrons. The lowest BCUT2D eigenvalue weighted by atomic mass is 10.1. The van der Waals surface area contributed by atoms with Gasteiger partial charge in [0.15, 0.2) is 0 Å². The highest BCUT2D eigenvalue weighted by atomic mass is 16.6. The fourth-order valence-electron chi connectivity index (χ4n) is 3.08. The second kappa shape index (κ2) is 7.86. The average Bonchev–Trinajstić information content (AvgIpc) is 3.20. The molecule has 1 saturated heterocycles. The van der Waals surface area contributed by atoms with Crippen LogP contribution in [0.1, 0.15) is 28.8 Å². The van der Waals surface area contributed by atoms with Crippen molar-refractivity contribution in [2.24, 2.45) is 0 Å². The molecule has 0 amide bonds. The van der Waals surface area contributed by atoms with Crippen LogP contribution >= 0.6 is 0 Å². The minimum absolute atomic E-state index is 0.147. The molecule has 0 spiro atoms. The van der Waals surface area contributed by atoms with Gasteiger partial charge in [-0.3, -0.25) is 10.1 Å². The number of non-ortho nitro benzene ring substituents is 1. The molecule has 1 heterocycles. The van der Waals surface area contributed by atoms with Crippen LogP contribution in [0.25, 0.3) is 0 Å². The summed E-state index contributed by atoms with van der Waals surface area (Å²) >= 11 is 0. The molecule has 1 fully saturated rings. The number of methoxy groups -OCH3 is 1. The summed E-state index contributed by atoms with van der Waals surface area (Å²) in [5, 5.41) is 14.1. The molecule has 2 aromatic carbocycles. The van der Waals surface area contributed by atoms with Gasteiger partial charge in [-0.05, 0) is 36.6 Å². The number of benzene rings is 2. The Balaban J connectivity index is 1.72. The van der Waals surface area contributed by atoms with E-state index in [0.29, 0.717) is 12.2 Å². The molecule has 1 aliphatic heterocycles. The van der Waals surface area contributed by atoms with Crippen LogP contribution in [0, 0.1) is 10.1 Å². The zero-order valence-corrected chi connectivity index (χ0v) is 14.6. The zero-order chi connectivity index (χ0) is 18.5. The van der Waals surface area contributed by atoms with Crippen molar-refractivity contribution in [3.05, 3.63) is 63.7 Å². The number of carbonyl (C=O) groups is 1. The number of rotatable bonds is 6. The second-order valence-electron chi connectivity index (χ2n) is 6.19. The Morgan fingerprint density at radius 1 is 1.19 bits per heavy atom. The molecular weight excluding hydrogens is 334 g/mol. The molecule has 0 saturated carbocycles. The number of hydrogen-bond donors (Lipinski definition) is 1. The minimum Gasteiger partial charge on any atom is -0.465 e. The lowest BCUT2D eigenvalue weighted by Gasteiger charge is -2.18. The maximum atomic E-state index is 11.9. The van der Waals surface area contributed by atoms with Crippen molar-refractivity contribution in [1.82, 2.24) is 0 Å². The van der Waals surface area contributed by atoms with Crippen LogP contribution in [0.15, 0.2) is 42.5 Å². The molecule has 0 bridgehead atoms. The summed E-state index contributed by atoms with van der Waals surface area (Å²) in [4.78, 5) is 24.7. The fourth-order valence-corrected chi connectivity index (χ4v) is 3.08. The third kappa shape index (κ3) is 3.93. The summed E-state index contributed by atoms with van der Waals surface area (Å²) < 4.78 is 4.73. The third-order valence-electron chi connectivity index (χ3n) is 4.51. The summed E-state index contributed by atoms with van der Waals surface area (Å²) in [7, 11) is 1.25. The monoisotopic (exact) mass is 355 g/mol. The molecule has 26 heavy (non-hydrogen) atoms. The number of nitro groups is 1. The molecule has 0 radical (unpaired) electrons. The van der Waals surface area contributed by atoms with E-state index in [0.717, 1.165) is 18.7 Å². The predicted molar refractivity (Wildman–Crippen MR) is 99.7 cm³/mol. The van der Waals surface area contributed by atoms with Gasteiger partial charge in [-0.1, -0.05) is 12.1 Å². The number of ether oxygens (including phenoxy) is 1. The number of hydrogen-bond acceptors (Lipinski definition) is 6. The van der Waals surface area contributed by atoms with Gasteiger partial charge in [0, 0.05) is 43.1 Å². The quantitative estimate of drug-likeness (QED) is 0.484. The van der Waals surface area contributed by atoms with E-state index in [9.17, 15) is 14.9 Å². The smallest absolute Gasteiger partial charge is 0.340 e. The van der Waals surface area contributed by atoms with Crippen molar-refractivity contribution in [3.8, 4) is 0 Å². The first kappa shape index (κ1) is 17.7.